The summed E-state index contributed by atoms with van der Waals surface area (Å²) in [4.78, 5) is 4.62. The molecule has 0 atom stereocenters. The number of pyridine rings is 1. The lowest BCUT2D eigenvalue weighted by molar-refractivity contribution is 0.357. The average molecular weight is 434 g/mol. The normalized spacial score (nSPS) is 14.5. The zero-order chi connectivity index (χ0) is 22.2. The second kappa shape index (κ2) is 11.2. The van der Waals surface area contributed by atoms with Crippen molar-refractivity contribution in [1.82, 2.24) is 10.3 Å². The Morgan fingerprint density at radius 1 is 1.06 bits per heavy atom. The standard InChI is InChI=1S/C27H35N3O2/c1-32-26-10-5-9-22(27(26)31)19-28-14-6-15-29-24-13-16-30-25-18-21(11-12-23(24)25)17-20-7-3-2-4-8-20/h5,9-13,16,18,20,28,31H,2-4,6-8,14-15,17,19H2,1H3,(H,29,30). The number of nitrogens with one attached hydrogen (secondary N) is 2. The highest BCUT2D eigenvalue weighted by molar-refractivity contribution is 5.91. The predicted molar refractivity (Wildman–Crippen MR) is 131 cm³/mol. The molecular weight excluding hydrogens is 398 g/mol. The number of rotatable bonds is 10. The van der Waals surface area contributed by atoms with Crippen molar-refractivity contribution in [2.24, 2.45) is 5.92 Å². The third-order valence-corrected chi connectivity index (χ3v) is 6.52. The lowest BCUT2D eigenvalue weighted by Gasteiger charge is -2.21. The summed E-state index contributed by atoms with van der Waals surface area (Å²) in [6.45, 7) is 2.35. The molecule has 0 bridgehead atoms. The fourth-order valence-corrected chi connectivity index (χ4v) is 4.73. The van der Waals surface area contributed by atoms with Crippen LogP contribution < -0.4 is 15.4 Å². The fourth-order valence-electron chi connectivity index (χ4n) is 4.73. The maximum atomic E-state index is 10.2. The summed E-state index contributed by atoms with van der Waals surface area (Å²) in [5.74, 6) is 1.57. The summed E-state index contributed by atoms with van der Waals surface area (Å²) in [6.07, 6.45) is 11.0. The minimum Gasteiger partial charge on any atom is -0.504 e. The second-order valence-electron chi connectivity index (χ2n) is 8.84. The lowest BCUT2D eigenvalue weighted by Crippen LogP contribution is -2.18. The van der Waals surface area contributed by atoms with E-state index < -0.39 is 0 Å². The van der Waals surface area contributed by atoms with Gasteiger partial charge in [-0.05, 0) is 49.1 Å². The van der Waals surface area contributed by atoms with Gasteiger partial charge in [0.25, 0.3) is 0 Å². The van der Waals surface area contributed by atoms with Crippen molar-refractivity contribution in [2.45, 2.75) is 51.5 Å². The van der Waals surface area contributed by atoms with Crippen molar-refractivity contribution in [1.29, 1.82) is 0 Å². The first-order chi connectivity index (χ1) is 15.7. The molecule has 1 fully saturated rings. The molecule has 5 heteroatoms. The van der Waals surface area contributed by atoms with Crippen LogP contribution in [0, 0.1) is 5.92 Å². The number of hydrogen-bond acceptors (Lipinski definition) is 5. The third kappa shape index (κ3) is 5.71. The van der Waals surface area contributed by atoms with Gasteiger partial charge in [0.05, 0.1) is 12.6 Å². The van der Waals surface area contributed by atoms with E-state index in [9.17, 15) is 5.11 Å². The first-order valence-electron chi connectivity index (χ1n) is 11.9. The van der Waals surface area contributed by atoms with Crippen molar-refractivity contribution in [3.63, 3.8) is 0 Å². The quantitative estimate of drug-likeness (QED) is 0.360. The smallest absolute Gasteiger partial charge is 0.162 e. The largest absolute Gasteiger partial charge is 0.504 e. The van der Waals surface area contributed by atoms with Crippen LogP contribution in [-0.4, -0.2) is 30.3 Å². The number of aromatic hydroxyl groups is 1. The van der Waals surface area contributed by atoms with Crippen molar-refractivity contribution >= 4 is 16.6 Å². The van der Waals surface area contributed by atoms with Crippen LogP contribution in [0.3, 0.4) is 0 Å². The Morgan fingerprint density at radius 2 is 1.94 bits per heavy atom. The molecule has 3 N–H and O–H groups in total. The Bertz CT molecular complexity index is 1010. The first kappa shape index (κ1) is 22.4. The van der Waals surface area contributed by atoms with Gasteiger partial charge in [-0.15, -0.1) is 0 Å². The first-order valence-corrected chi connectivity index (χ1v) is 11.9. The highest BCUT2D eigenvalue weighted by atomic mass is 16.5. The maximum Gasteiger partial charge on any atom is 0.162 e. The van der Waals surface area contributed by atoms with Gasteiger partial charge < -0.3 is 20.5 Å². The summed E-state index contributed by atoms with van der Waals surface area (Å²) < 4.78 is 5.17. The van der Waals surface area contributed by atoms with Crippen LogP contribution in [0.1, 0.15) is 49.7 Å². The van der Waals surface area contributed by atoms with Crippen LogP contribution in [0.4, 0.5) is 5.69 Å². The van der Waals surface area contributed by atoms with E-state index in [1.165, 1.54) is 49.5 Å². The van der Waals surface area contributed by atoms with Crippen molar-refractivity contribution < 1.29 is 9.84 Å². The second-order valence-corrected chi connectivity index (χ2v) is 8.84. The van der Waals surface area contributed by atoms with Gasteiger partial charge in [-0.25, -0.2) is 0 Å². The van der Waals surface area contributed by atoms with Gasteiger partial charge in [0, 0.05) is 35.9 Å². The Labute approximate surface area is 191 Å². The number of ether oxygens (including phenoxy) is 1. The minimum absolute atomic E-state index is 0.215. The molecule has 4 rings (SSSR count). The summed E-state index contributed by atoms with van der Waals surface area (Å²) in [5, 5.41) is 18.3. The lowest BCUT2D eigenvalue weighted by atomic mass is 9.85. The van der Waals surface area contributed by atoms with Gasteiger partial charge in [-0.3, -0.25) is 4.98 Å². The van der Waals surface area contributed by atoms with Crippen LogP contribution in [0.5, 0.6) is 11.5 Å². The van der Waals surface area contributed by atoms with Crippen LogP contribution in [0.15, 0.2) is 48.7 Å². The molecule has 1 saturated carbocycles. The molecule has 1 aliphatic rings. The third-order valence-electron chi connectivity index (χ3n) is 6.52. The molecule has 3 aromatic rings. The minimum atomic E-state index is 0.215. The SMILES string of the molecule is COc1cccc(CNCCCNc2ccnc3cc(CC4CCCCC4)ccc23)c1O. The van der Waals surface area contributed by atoms with E-state index in [1.54, 1.807) is 13.2 Å². The molecule has 170 valence electrons. The van der Waals surface area contributed by atoms with Crippen LogP contribution in [-0.2, 0) is 13.0 Å². The van der Waals surface area contributed by atoms with E-state index in [1.807, 2.05) is 18.3 Å². The number of aromatic nitrogens is 1. The predicted octanol–water partition coefficient (Wildman–Crippen LogP) is 5.66. The molecule has 0 unspecified atom stereocenters. The molecule has 2 aromatic carbocycles. The summed E-state index contributed by atoms with van der Waals surface area (Å²) in [6, 6.07) is 14.4. The number of anilines is 1. The molecule has 0 saturated heterocycles. The van der Waals surface area contributed by atoms with Crippen LogP contribution in [0.25, 0.3) is 10.9 Å². The molecule has 0 spiro atoms. The number of methoxy groups -OCH3 is 1. The molecule has 0 radical (unpaired) electrons. The topological polar surface area (TPSA) is 66.4 Å². The van der Waals surface area contributed by atoms with Gasteiger partial charge in [0.1, 0.15) is 0 Å². The Morgan fingerprint density at radius 3 is 2.78 bits per heavy atom. The molecule has 32 heavy (non-hydrogen) atoms. The summed E-state index contributed by atoms with van der Waals surface area (Å²) in [7, 11) is 1.57. The number of phenols is 1. The van der Waals surface area contributed by atoms with E-state index in [0.29, 0.717) is 12.3 Å². The zero-order valence-electron chi connectivity index (χ0n) is 19.1. The maximum absolute atomic E-state index is 10.2. The van der Waals surface area contributed by atoms with Crippen LogP contribution in [0.2, 0.25) is 0 Å². The van der Waals surface area contributed by atoms with E-state index in [2.05, 4.69) is 39.9 Å². The van der Waals surface area contributed by atoms with Crippen LogP contribution >= 0.6 is 0 Å². The van der Waals surface area contributed by atoms with Gasteiger partial charge >= 0.3 is 0 Å². The number of benzene rings is 2. The molecule has 1 aromatic heterocycles. The van der Waals surface area contributed by atoms with E-state index in [-0.39, 0.29) is 5.75 Å². The van der Waals surface area contributed by atoms with Gasteiger partial charge in [-0.2, -0.15) is 0 Å². The molecule has 0 aliphatic heterocycles. The Hall–Kier alpha value is -2.79. The van der Waals surface area contributed by atoms with E-state index in [0.717, 1.165) is 42.2 Å². The average Bonchev–Trinajstić information content (AvgIpc) is 2.83. The molecule has 1 aliphatic carbocycles. The monoisotopic (exact) mass is 433 g/mol. The van der Waals surface area contributed by atoms with Gasteiger partial charge in [-0.1, -0.05) is 56.4 Å². The Balaban J connectivity index is 1.26. The Kier molecular flexibility index (Phi) is 7.83. The number of hydrogen-bond donors (Lipinski definition) is 3. The molecule has 5 nitrogen and oxygen atoms in total. The van der Waals surface area contributed by atoms with Gasteiger partial charge in [0.15, 0.2) is 11.5 Å². The number of para-hydroxylation sites is 1. The van der Waals surface area contributed by atoms with Gasteiger partial charge in [0.2, 0.25) is 0 Å². The number of fused-ring (bicyclic) bond motifs is 1. The zero-order valence-corrected chi connectivity index (χ0v) is 19.1. The molecule has 0 amide bonds. The highest BCUT2D eigenvalue weighted by Gasteiger charge is 2.14. The van der Waals surface area contributed by atoms with Crippen molar-refractivity contribution in [2.75, 3.05) is 25.5 Å². The summed E-state index contributed by atoms with van der Waals surface area (Å²) >= 11 is 0. The van der Waals surface area contributed by atoms with Crippen molar-refractivity contribution in [3.8, 4) is 11.5 Å². The summed E-state index contributed by atoms with van der Waals surface area (Å²) in [5.41, 5.74) is 4.49. The van der Waals surface area contributed by atoms with Crippen molar-refractivity contribution in [3.05, 3.63) is 59.8 Å². The molecule has 1 heterocycles. The fraction of sp³-hybridized carbons (Fsp3) is 0.444. The number of phenolic OH excluding ortho intramolecular Hbond substituents is 1. The molecular formula is C27H35N3O2. The van der Waals surface area contributed by atoms with E-state index in [4.69, 9.17) is 4.74 Å². The number of nitrogens with zero attached hydrogens (tertiary/aromatic N) is 1. The van der Waals surface area contributed by atoms with E-state index >= 15 is 0 Å². The highest BCUT2D eigenvalue weighted by Crippen LogP contribution is 2.30.